The van der Waals surface area contributed by atoms with Crippen molar-refractivity contribution in [3.63, 3.8) is 0 Å². The number of hydrogen-bond donors (Lipinski definition) is 0. The van der Waals surface area contributed by atoms with Gasteiger partial charge in [-0.2, -0.15) is 0 Å². The van der Waals surface area contributed by atoms with Crippen LogP contribution >= 0.6 is 0 Å². The molecule has 1 aromatic carbocycles. The Kier molecular flexibility index (Phi) is 6.98. The third kappa shape index (κ3) is 5.35. The topological polar surface area (TPSA) is 53.3 Å². The van der Waals surface area contributed by atoms with Gasteiger partial charge in [-0.05, 0) is 0 Å². The molecule has 0 atom stereocenters. The average molecular weight is 224 g/mol. The van der Waals surface area contributed by atoms with Crippen molar-refractivity contribution in [3.05, 3.63) is 42.0 Å². The van der Waals surface area contributed by atoms with Crippen LogP contribution in [0.25, 0.3) is 0 Å². The van der Waals surface area contributed by atoms with Gasteiger partial charge in [0.25, 0.3) is 0 Å². The summed E-state index contributed by atoms with van der Waals surface area (Å²) in [5, 5.41) is 8.84. The van der Waals surface area contributed by atoms with E-state index < -0.39 is 6.09 Å². The van der Waals surface area contributed by atoms with Crippen molar-refractivity contribution in [2.75, 3.05) is 14.1 Å². The van der Waals surface area contributed by atoms with Gasteiger partial charge in [0, 0.05) is 14.1 Å². The van der Waals surface area contributed by atoms with Gasteiger partial charge in [-0.1, -0.05) is 48.4 Å². The summed E-state index contributed by atoms with van der Waals surface area (Å²) in [5.74, 6) is 0. The van der Waals surface area contributed by atoms with Gasteiger partial charge in [0.2, 0.25) is 0 Å². The van der Waals surface area contributed by atoms with Gasteiger partial charge in [-0.3, -0.25) is 0 Å². The summed E-state index contributed by atoms with van der Waals surface area (Å²) < 4.78 is 4.91. The molecule has 0 aliphatic rings. The number of hydrogen-bond acceptors (Lipinski definition) is 3. The molecule has 17 heavy (non-hydrogen) atoms. The first-order valence-electron chi connectivity index (χ1n) is 4.82. The second kappa shape index (κ2) is 7.68. The zero-order chi connectivity index (χ0) is 12.0. The molecule has 0 aliphatic carbocycles. The van der Waals surface area contributed by atoms with Gasteiger partial charge < -0.3 is 9.64 Å². The minimum atomic E-state index is -0.535. The number of ether oxygens (including phenoxy) is 1. The zero-order valence-corrected chi connectivity index (χ0v) is 10.3. The number of nitrogens with zero attached hydrogens (tertiary/aromatic N) is 2. The van der Waals surface area contributed by atoms with Gasteiger partial charge in [0.05, 0.1) is 0 Å². The van der Waals surface area contributed by atoms with Gasteiger partial charge in [-0.25, -0.2) is 10.1 Å². The molecule has 0 spiro atoms. The normalized spacial score (nSPS) is 8.53. The minimum absolute atomic E-state index is 0. The maximum atomic E-state index is 11.2. The molecule has 0 aromatic heterocycles. The van der Waals surface area contributed by atoms with E-state index >= 15 is 0 Å². The molecule has 0 N–H and O–H groups in total. The molecule has 0 saturated carbocycles. The summed E-state index contributed by atoms with van der Waals surface area (Å²) in [6.45, 7) is 0. The summed E-state index contributed by atoms with van der Waals surface area (Å²) >= 11 is 0. The van der Waals surface area contributed by atoms with Gasteiger partial charge in [0.15, 0.2) is 0 Å². The molecule has 1 amide bonds. The molecule has 0 heterocycles. The Balaban J connectivity index is 0.00000256. The molecule has 0 unspecified atom stereocenters. The Morgan fingerprint density at radius 2 is 2.00 bits per heavy atom. The number of nitriles is 1. The quantitative estimate of drug-likeness (QED) is 0.488. The van der Waals surface area contributed by atoms with Crippen LogP contribution in [-0.2, 0) is 11.2 Å². The molecule has 0 radical (unpaired) electrons. The summed E-state index contributed by atoms with van der Waals surface area (Å²) in [6, 6.07) is 11.3. The van der Waals surface area contributed by atoms with E-state index in [9.17, 15) is 4.79 Å². The van der Waals surface area contributed by atoms with Crippen LogP contribution in [0.3, 0.4) is 0 Å². The standard InChI is InChI=1S/C12H13N2O2.Li/c1-14(2)12(15)16-11(9-13)8-10-6-4-3-5-7-10;/h3-7H,8H2,1-2H3;/q-1;+1. The fraction of sp³-hybridized carbons (Fsp3) is 0.250. The van der Waals surface area contributed by atoms with Crippen LogP contribution in [0.5, 0.6) is 0 Å². The largest absolute Gasteiger partial charge is 1.00 e. The van der Waals surface area contributed by atoms with Gasteiger partial charge in [-0.15, -0.1) is 6.10 Å². The van der Waals surface area contributed by atoms with Crippen LogP contribution in [0.15, 0.2) is 30.3 Å². The molecule has 0 saturated heterocycles. The van der Waals surface area contributed by atoms with Crippen molar-refractivity contribution < 1.29 is 28.4 Å². The number of rotatable bonds is 3. The van der Waals surface area contributed by atoms with E-state index in [-0.39, 0.29) is 25.0 Å². The van der Waals surface area contributed by atoms with E-state index in [1.807, 2.05) is 36.4 Å². The van der Waals surface area contributed by atoms with E-state index in [1.165, 1.54) is 4.90 Å². The third-order valence-corrected chi connectivity index (χ3v) is 1.91. The zero-order valence-electron chi connectivity index (χ0n) is 10.3. The Bertz CT molecular complexity index is 387. The molecule has 1 aromatic rings. The van der Waals surface area contributed by atoms with E-state index in [0.717, 1.165) is 5.56 Å². The van der Waals surface area contributed by atoms with Crippen molar-refractivity contribution >= 4 is 6.09 Å². The molecule has 5 heteroatoms. The maximum absolute atomic E-state index is 11.2. The van der Waals surface area contributed by atoms with E-state index in [1.54, 1.807) is 14.1 Å². The Morgan fingerprint density at radius 1 is 1.41 bits per heavy atom. The number of carbonyl (C=O) groups is 1. The number of carbonyl (C=O) groups excluding carboxylic acids is 1. The second-order valence-electron chi connectivity index (χ2n) is 3.46. The third-order valence-electron chi connectivity index (χ3n) is 1.91. The number of amides is 1. The SMILES string of the molecule is CN(C)C(=O)O[C-](C#N)Cc1ccccc1.[Li+]. The first-order valence-corrected chi connectivity index (χ1v) is 4.82. The van der Waals surface area contributed by atoms with Crippen LogP contribution in [-0.4, -0.2) is 25.1 Å². The van der Waals surface area contributed by atoms with Crippen LogP contribution in [0.2, 0.25) is 0 Å². The Morgan fingerprint density at radius 3 is 2.47 bits per heavy atom. The smallest absolute Gasteiger partial charge is 0.584 e. The predicted molar refractivity (Wildman–Crippen MR) is 59.2 cm³/mol. The fourth-order valence-electron chi connectivity index (χ4n) is 1.08. The molecule has 0 fully saturated rings. The number of benzene rings is 1. The Labute approximate surface area is 113 Å². The summed E-state index contributed by atoms with van der Waals surface area (Å²) in [4.78, 5) is 12.5. The van der Waals surface area contributed by atoms with Crippen molar-refractivity contribution in [2.24, 2.45) is 0 Å². The minimum Gasteiger partial charge on any atom is -0.584 e. The first kappa shape index (κ1) is 15.4. The van der Waals surface area contributed by atoms with Gasteiger partial charge >= 0.3 is 25.0 Å². The van der Waals surface area contributed by atoms with Crippen molar-refractivity contribution in [2.45, 2.75) is 6.42 Å². The summed E-state index contributed by atoms with van der Waals surface area (Å²) in [6.07, 6.45) is -0.103. The van der Waals surface area contributed by atoms with Crippen LogP contribution in [0, 0.1) is 17.4 Å². The second-order valence-corrected chi connectivity index (χ2v) is 3.46. The monoisotopic (exact) mass is 224 g/mol. The predicted octanol–water partition coefficient (Wildman–Crippen LogP) is -1.01. The molecule has 84 valence electrons. The summed E-state index contributed by atoms with van der Waals surface area (Å²) in [5.41, 5.74) is 0.936. The van der Waals surface area contributed by atoms with Crippen LogP contribution in [0.1, 0.15) is 5.56 Å². The Hall–Kier alpha value is -1.55. The van der Waals surface area contributed by atoms with Crippen LogP contribution in [0.4, 0.5) is 4.79 Å². The van der Waals surface area contributed by atoms with Crippen LogP contribution < -0.4 is 18.9 Å². The van der Waals surface area contributed by atoms with E-state index in [2.05, 4.69) is 0 Å². The van der Waals surface area contributed by atoms with Crippen molar-refractivity contribution in [3.8, 4) is 6.07 Å². The van der Waals surface area contributed by atoms with E-state index in [0.29, 0.717) is 6.42 Å². The van der Waals surface area contributed by atoms with E-state index in [4.69, 9.17) is 10.00 Å². The van der Waals surface area contributed by atoms with Gasteiger partial charge in [0.1, 0.15) is 0 Å². The maximum Gasteiger partial charge on any atom is 1.00 e. The van der Waals surface area contributed by atoms with Crippen molar-refractivity contribution in [1.82, 2.24) is 4.90 Å². The average Bonchev–Trinajstić information content (AvgIpc) is 2.29. The first-order chi connectivity index (χ1) is 7.63. The molecule has 0 aliphatic heterocycles. The summed E-state index contributed by atoms with van der Waals surface area (Å²) in [7, 11) is 3.14. The van der Waals surface area contributed by atoms with Crippen molar-refractivity contribution in [1.29, 1.82) is 5.26 Å². The molecule has 0 bridgehead atoms. The molecule has 4 nitrogen and oxygen atoms in total. The molecular formula is C12H13LiN2O2. The fourth-order valence-corrected chi connectivity index (χ4v) is 1.08. The molecular weight excluding hydrogens is 211 g/mol. The molecule has 1 rings (SSSR count).